The van der Waals surface area contributed by atoms with Gasteiger partial charge in [0.05, 0.1) is 18.6 Å². The maximum absolute atomic E-state index is 12.9. The predicted octanol–water partition coefficient (Wildman–Crippen LogP) is 4.11. The molecule has 1 fully saturated rings. The fraction of sp³-hybridized carbons (Fsp3) is 0.478. The van der Waals surface area contributed by atoms with Gasteiger partial charge in [0.25, 0.3) is 0 Å². The molecule has 0 saturated carbocycles. The highest BCUT2D eigenvalue weighted by Gasteiger charge is 2.23. The largest absolute Gasteiger partial charge is 0.497 e. The third kappa shape index (κ3) is 6.51. The number of benzene rings is 2. The van der Waals surface area contributed by atoms with Crippen molar-refractivity contribution >= 4 is 33.0 Å². The molecule has 2 aromatic rings. The Labute approximate surface area is 191 Å². The Morgan fingerprint density at radius 3 is 2.39 bits per heavy atom. The first-order valence-electron chi connectivity index (χ1n) is 10.8. The summed E-state index contributed by atoms with van der Waals surface area (Å²) in [6.07, 6.45) is 1.38. The molecule has 0 aromatic heterocycles. The first-order valence-corrected chi connectivity index (χ1v) is 12.8. The fourth-order valence-corrected chi connectivity index (χ4v) is 5.66. The van der Waals surface area contributed by atoms with Crippen LogP contribution < -0.4 is 13.9 Å². The number of methoxy groups -OCH3 is 1. The topological polar surface area (TPSA) is 53.1 Å². The standard InChI is InChI=1S/C23H32ClN3O3S/c1-3-18-31(28,29)27(21-8-10-23(30-2)11-9-21)13-5-12-25-14-16-26(17-15-25)22-7-4-6-20(24)19-22/h4,6-11,19H,3,5,12-18H2,1-2H3. The molecule has 0 bridgehead atoms. The Morgan fingerprint density at radius 2 is 1.77 bits per heavy atom. The summed E-state index contributed by atoms with van der Waals surface area (Å²) in [7, 11) is -1.74. The molecule has 0 aliphatic carbocycles. The number of rotatable bonds is 10. The Morgan fingerprint density at radius 1 is 1.06 bits per heavy atom. The van der Waals surface area contributed by atoms with Crippen LogP contribution in [0.1, 0.15) is 19.8 Å². The van der Waals surface area contributed by atoms with Crippen molar-refractivity contribution in [3.05, 3.63) is 53.6 Å². The molecule has 1 heterocycles. The number of hydrogen-bond donors (Lipinski definition) is 0. The number of nitrogens with zero attached hydrogens (tertiary/aromatic N) is 3. The molecule has 1 aliphatic rings. The van der Waals surface area contributed by atoms with Crippen LogP contribution in [0.15, 0.2) is 48.5 Å². The van der Waals surface area contributed by atoms with Crippen molar-refractivity contribution in [2.24, 2.45) is 0 Å². The van der Waals surface area contributed by atoms with Crippen molar-refractivity contribution in [1.29, 1.82) is 0 Å². The molecule has 8 heteroatoms. The van der Waals surface area contributed by atoms with Gasteiger partial charge in [-0.3, -0.25) is 9.21 Å². The van der Waals surface area contributed by atoms with Crippen LogP contribution in [-0.2, 0) is 10.0 Å². The minimum absolute atomic E-state index is 0.150. The van der Waals surface area contributed by atoms with Gasteiger partial charge in [0.2, 0.25) is 10.0 Å². The molecule has 31 heavy (non-hydrogen) atoms. The SMILES string of the molecule is CCCS(=O)(=O)N(CCCN1CCN(c2cccc(Cl)c2)CC1)c1ccc(OC)cc1. The summed E-state index contributed by atoms with van der Waals surface area (Å²) < 4.78 is 32.5. The first kappa shape index (κ1) is 23.7. The van der Waals surface area contributed by atoms with E-state index < -0.39 is 10.0 Å². The number of piperazine rings is 1. The van der Waals surface area contributed by atoms with Crippen LogP contribution >= 0.6 is 11.6 Å². The quantitative estimate of drug-likeness (QED) is 0.528. The molecule has 0 amide bonds. The predicted molar refractivity (Wildman–Crippen MR) is 129 cm³/mol. The van der Waals surface area contributed by atoms with E-state index in [-0.39, 0.29) is 5.75 Å². The van der Waals surface area contributed by atoms with Crippen LogP contribution in [0.2, 0.25) is 5.02 Å². The number of ether oxygens (including phenoxy) is 1. The zero-order valence-corrected chi connectivity index (χ0v) is 19.9. The summed E-state index contributed by atoms with van der Waals surface area (Å²) in [6.45, 7) is 7.03. The Hall–Kier alpha value is -1.96. The second kappa shape index (κ2) is 11.1. The third-order valence-corrected chi connectivity index (χ3v) is 7.76. The lowest BCUT2D eigenvalue weighted by atomic mass is 10.2. The van der Waals surface area contributed by atoms with E-state index in [0.29, 0.717) is 24.4 Å². The Kier molecular flexibility index (Phi) is 8.46. The maximum atomic E-state index is 12.9. The summed E-state index contributed by atoms with van der Waals surface area (Å²) in [6, 6.07) is 15.2. The third-order valence-electron chi connectivity index (χ3n) is 5.54. The maximum Gasteiger partial charge on any atom is 0.235 e. The summed E-state index contributed by atoms with van der Waals surface area (Å²) in [5, 5.41) is 0.756. The normalized spacial score (nSPS) is 15.1. The van der Waals surface area contributed by atoms with Gasteiger partial charge in [-0.2, -0.15) is 0 Å². The molecular weight excluding hydrogens is 434 g/mol. The molecular formula is C23H32ClN3O3S. The number of halogens is 1. The summed E-state index contributed by atoms with van der Waals surface area (Å²) in [5.74, 6) is 0.867. The average Bonchev–Trinajstić information content (AvgIpc) is 2.77. The second-order valence-corrected chi connectivity index (χ2v) is 10.2. The van der Waals surface area contributed by atoms with Crippen molar-refractivity contribution < 1.29 is 13.2 Å². The van der Waals surface area contributed by atoms with Gasteiger partial charge < -0.3 is 9.64 Å². The van der Waals surface area contributed by atoms with E-state index in [4.69, 9.17) is 16.3 Å². The smallest absolute Gasteiger partial charge is 0.235 e. The molecule has 0 atom stereocenters. The lowest BCUT2D eigenvalue weighted by Gasteiger charge is -2.36. The van der Waals surface area contributed by atoms with E-state index in [0.717, 1.165) is 49.9 Å². The van der Waals surface area contributed by atoms with Gasteiger partial charge in [0, 0.05) is 50.0 Å². The highest BCUT2D eigenvalue weighted by molar-refractivity contribution is 7.92. The van der Waals surface area contributed by atoms with Crippen molar-refractivity contribution in [2.45, 2.75) is 19.8 Å². The molecule has 1 saturated heterocycles. The molecule has 3 rings (SSSR count). The molecule has 0 N–H and O–H groups in total. The van der Waals surface area contributed by atoms with Crippen LogP contribution in [0.5, 0.6) is 5.75 Å². The zero-order valence-electron chi connectivity index (χ0n) is 18.3. The van der Waals surface area contributed by atoms with E-state index in [2.05, 4.69) is 15.9 Å². The van der Waals surface area contributed by atoms with Gasteiger partial charge >= 0.3 is 0 Å². The number of sulfonamides is 1. The van der Waals surface area contributed by atoms with Crippen LogP contribution in [0.3, 0.4) is 0 Å². The number of hydrogen-bond acceptors (Lipinski definition) is 5. The van der Waals surface area contributed by atoms with Gasteiger partial charge in [-0.1, -0.05) is 24.6 Å². The molecule has 170 valence electrons. The van der Waals surface area contributed by atoms with Crippen LogP contribution in [-0.4, -0.2) is 65.4 Å². The highest BCUT2D eigenvalue weighted by atomic mass is 35.5. The van der Waals surface area contributed by atoms with Crippen molar-refractivity contribution in [3.8, 4) is 5.75 Å². The fourth-order valence-electron chi connectivity index (χ4n) is 3.89. The molecule has 2 aromatic carbocycles. The minimum Gasteiger partial charge on any atom is -0.497 e. The molecule has 0 radical (unpaired) electrons. The van der Waals surface area contributed by atoms with Crippen LogP contribution in [0.4, 0.5) is 11.4 Å². The van der Waals surface area contributed by atoms with Crippen molar-refractivity contribution in [2.75, 3.05) is 61.3 Å². The second-order valence-electron chi connectivity index (χ2n) is 7.75. The zero-order chi connectivity index (χ0) is 22.3. The van der Waals surface area contributed by atoms with Gasteiger partial charge in [-0.05, 0) is 55.3 Å². The lowest BCUT2D eigenvalue weighted by Crippen LogP contribution is -2.47. The van der Waals surface area contributed by atoms with Gasteiger partial charge in [0.15, 0.2) is 0 Å². The Balaban J connectivity index is 1.56. The molecule has 0 unspecified atom stereocenters. The van der Waals surface area contributed by atoms with Crippen molar-refractivity contribution in [1.82, 2.24) is 4.90 Å². The van der Waals surface area contributed by atoms with Crippen LogP contribution in [0.25, 0.3) is 0 Å². The van der Waals surface area contributed by atoms with Gasteiger partial charge in [-0.15, -0.1) is 0 Å². The van der Waals surface area contributed by atoms with Gasteiger partial charge in [-0.25, -0.2) is 8.42 Å². The van der Waals surface area contributed by atoms with E-state index >= 15 is 0 Å². The monoisotopic (exact) mass is 465 g/mol. The lowest BCUT2D eigenvalue weighted by molar-refractivity contribution is 0.256. The molecule has 1 aliphatic heterocycles. The summed E-state index contributed by atoms with van der Waals surface area (Å²) in [5.41, 5.74) is 1.85. The van der Waals surface area contributed by atoms with E-state index in [1.54, 1.807) is 23.5 Å². The van der Waals surface area contributed by atoms with E-state index in [1.807, 2.05) is 37.3 Å². The molecule has 0 spiro atoms. The Bertz CT molecular complexity index is 929. The summed E-state index contributed by atoms with van der Waals surface area (Å²) in [4.78, 5) is 4.75. The molecule has 6 nitrogen and oxygen atoms in total. The minimum atomic E-state index is -3.34. The van der Waals surface area contributed by atoms with E-state index in [9.17, 15) is 8.42 Å². The number of anilines is 2. The average molecular weight is 466 g/mol. The van der Waals surface area contributed by atoms with Crippen molar-refractivity contribution in [3.63, 3.8) is 0 Å². The summed E-state index contributed by atoms with van der Waals surface area (Å²) >= 11 is 6.12. The van der Waals surface area contributed by atoms with E-state index in [1.165, 1.54) is 0 Å². The van der Waals surface area contributed by atoms with Gasteiger partial charge in [0.1, 0.15) is 5.75 Å². The van der Waals surface area contributed by atoms with Crippen LogP contribution in [0, 0.1) is 0 Å². The highest BCUT2D eigenvalue weighted by Crippen LogP contribution is 2.24. The first-order chi connectivity index (χ1) is 14.9.